The van der Waals surface area contributed by atoms with Gasteiger partial charge in [0.15, 0.2) is 5.78 Å². The van der Waals surface area contributed by atoms with Gasteiger partial charge in [-0.3, -0.25) is 4.79 Å². The van der Waals surface area contributed by atoms with Crippen molar-refractivity contribution >= 4 is 5.78 Å². The van der Waals surface area contributed by atoms with Crippen LogP contribution < -0.4 is 0 Å². The van der Waals surface area contributed by atoms with E-state index in [1.54, 1.807) is 7.11 Å². The Balaban J connectivity index is 1.62. The highest BCUT2D eigenvalue weighted by atomic mass is 16.5. The number of fused-ring (bicyclic) bond motifs is 5. The quantitative estimate of drug-likeness (QED) is 0.807. The first-order valence-corrected chi connectivity index (χ1v) is 10.7. The molecule has 9 atom stereocenters. The van der Waals surface area contributed by atoms with E-state index in [4.69, 9.17) is 4.74 Å². The number of Topliss-reactive ketones (excluding diaryl/α,β-unsaturated/α-hetero) is 1. The van der Waals surface area contributed by atoms with Crippen LogP contribution in [0, 0.1) is 40.4 Å². The summed E-state index contributed by atoms with van der Waals surface area (Å²) in [6.07, 6.45) is 7.49. The number of carbonyl (C=O) groups excluding carboxylic acids is 1. The smallest absolute Gasteiger partial charge is 0.162 e. The Morgan fingerprint density at radius 1 is 1.08 bits per heavy atom. The zero-order chi connectivity index (χ0) is 18.7. The Morgan fingerprint density at radius 3 is 2.58 bits per heavy atom. The third-order valence-corrected chi connectivity index (χ3v) is 9.24. The fraction of sp³-hybridized carbons (Fsp3) is 0.955. The Labute approximate surface area is 157 Å². The molecule has 0 aromatic carbocycles. The largest absolute Gasteiger partial charge is 0.393 e. The van der Waals surface area contributed by atoms with Gasteiger partial charge >= 0.3 is 0 Å². The van der Waals surface area contributed by atoms with Crippen LogP contribution >= 0.6 is 0 Å². The third-order valence-electron chi connectivity index (χ3n) is 9.24. The van der Waals surface area contributed by atoms with Crippen LogP contribution in [0.15, 0.2) is 0 Å². The summed E-state index contributed by atoms with van der Waals surface area (Å²) in [4.78, 5) is 12.7. The van der Waals surface area contributed by atoms with E-state index < -0.39 is 0 Å². The first-order valence-electron chi connectivity index (χ1n) is 10.7. The van der Waals surface area contributed by atoms with E-state index in [1.165, 1.54) is 6.42 Å². The second kappa shape index (κ2) is 6.56. The number of ether oxygens (including phenoxy) is 1. The van der Waals surface area contributed by atoms with Crippen molar-refractivity contribution in [3.8, 4) is 0 Å². The molecule has 4 saturated carbocycles. The first-order chi connectivity index (χ1) is 12.3. The molecule has 0 aliphatic heterocycles. The number of rotatable bonds is 3. The van der Waals surface area contributed by atoms with Crippen molar-refractivity contribution in [2.45, 2.75) is 77.4 Å². The maximum absolute atomic E-state index is 12.7. The lowest BCUT2D eigenvalue weighted by atomic mass is 9.44. The van der Waals surface area contributed by atoms with Crippen LogP contribution in [0.4, 0.5) is 0 Å². The highest BCUT2D eigenvalue weighted by Gasteiger charge is 2.63. The fourth-order valence-corrected chi connectivity index (χ4v) is 8.13. The fourth-order valence-electron chi connectivity index (χ4n) is 8.13. The molecule has 4 aliphatic carbocycles. The normalized spacial score (nSPS) is 53.5. The number of hydrogen-bond donors (Lipinski definition) is 2. The third kappa shape index (κ3) is 2.62. The molecule has 4 nitrogen and oxygen atoms in total. The maximum atomic E-state index is 12.7. The molecular weight excluding hydrogens is 328 g/mol. The van der Waals surface area contributed by atoms with Crippen LogP contribution in [-0.2, 0) is 9.53 Å². The first kappa shape index (κ1) is 18.9. The van der Waals surface area contributed by atoms with Gasteiger partial charge < -0.3 is 14.9 Å². The monoisotopic (exact) mass is 364 g/mol. The topological polar surface area (TPSA) is 66.8 Å². The van der Waals surface area contributed by atoms with Gasteiger partial charge in [-0.1, -0.05) is 13.8 Å². The molecule has 148 valence electrons. The molecule has 0 spiro atoms. The van der Waals surface area contributed by atoms with Crippen molar-refractivity contribution in [2.24, 2.45) is 40.4 Å². The minimum Gasteiger partial charge on any atom is -0.393 e. The summed E-state index contributed by atoms with van der Waals surface area (Å²) >= 11 is 0. The van der Waals surface area contributed by atoms with Gasteiger partial charge in [0.1, 0.15) is 6.61 Å². The molecule has 0 bridgehead atoms. The predicted octanol–water partition coefficient (Wildman–Crippen LogP) is 3.19. The molecule has 4 rings (SSSR count). The Bertz CT molecular complexity index is 562. The van der Waals surface area contributed by atoms with E-state index in [9.17, 15) is 15.0 Å². The summed E-state index contributed by atoms with van der Waals surface area (Å²) in [6, 6.07) is 0. The molecule has 0 aromatic rings. The molecule has 4 aliphatic rings. The van der Waals surface area contributed by atoms with Gasteiger partial charge in [-0.05, 0) is 85.9 Å². The van der Waals surface area contributed by atoms with Crippen LogP contribution in [0.5, 0.6) is 0 Å². The van der Waals surface area contributed by atoms with E-state index in [0.29, 0.717) is 23.7 Å². The van der Waals surface area contributed by atoms with Crippen molar-refractivity contribution in [3.05, 3.63) is 0 Å². The lowest BCUT2D eigenvalue weighted by Gasteiger charge is -2.62. The van der Waals surface area contributed by atoms with Gasteiger partial charge in [0.25, 0.3) is 0 Å². The molecule has 2 N–H and O–H groups in total. The molecule has 0 radical (unpaired) electrons. The summed E-state index contributed by atoms with van der Waals surface area (Å²) in [5.74, 6) is 2.22. The van der Waals surface area contributed by atoms with Gasteiger partial charge in [-0.15, -0.1) is 0 Å². The summed E-state index contributed by atoms with van der Waals surface area (Å²) < 4.78 is 5.14. The van der Waals surface area contributed by atoms with Crippen molar-refractivity contribution in [1.82, 2.24) is 0 Å². The second-order valence-electron chi connectivity index (χ2n) is 10.3. The van der Waals surface area contributed by atoms with Crippen molar-refractivity contribution < 1.29 is 19.7 Å². The Morgan fingerprint density at radius 2 is 1.85 bits per heavy atom. The van der Waals surface area contributed by atoms with Crippen molar-refractivity contribution in [1.29, 1.82) is 0 Å². The molecule has 26 heavy (non-hydrogen) atoms. The minimum atomic E-state index is -0.319. The molecule has 0 heterocycles. The summed E-state index contributed by atoms with van der Waals surface area (Å²) in [5, 5.41) is 21.5. The lowest BCUT2D eigenvalue weighted by Crippen LogP contribution is -2.59. The average Bonchev–Trinajstić information content (AvgIpc) is 2.92. The van der Waals surface area contributed by atoms with E-state index in [1.807, 2.05) is 0 Å². The molecule has 4 heteroatoms. The van der Waals surface area contributed by atoms with Gasteiger partial charge in [-0.25, -0.2) is 0 Å². The number of aliphatic hydroxyl groups excluding tert-OH is 2. The van der Waals surface area contributed by atoms with Gasteiger partial charge in [0.05, 0.1) is 12.2 Å². The second-order valence-corrected chi connectivity index (χ2v) is 10.3. The summed E-state index contributed by atoms with van der Waals surface area (Å²) in [7, 11) is 1.60. The Hall–Kier alpha value is -0.450. The van der Waals surface area contributed by atoms with Crippen LogP contribution in [0.2, 0.25) is 0 Å². The van der Waals surface area contributed by atoms with Gasteiger partial charge in [0.2, 0.25) is 0 Å². The van der Waals surface area contributed by atoms with Crippen LogP contribution in [0.3, 0.4) is 0 Å². The predicted molar refractivity (Wildman–Crippen MR) is 99.5 cm³/mol. The molecule has 0 saturated heterocycles. The van der Waals surface area contributed by atoms with E-state index in [0.717, 1.165) is 44.9 Å². The van der Waals surface area contributed by atoms with E-state index in [2.05, 4.69) is 13.8 Å². The van der Waals surface area contributed by atoms with Crippen LogP contribution in [0.1, 0.15) is 65.2 Å². The number of methoxy groups -OCH3 is 1. The minimum absolute atomic E-state index is 0.0433. The molecular formula is C22H36O4. The Kier molecular flexibility index (Phi) is 4.77. The van der Waals surface area contributed by atoms with E-state index >= 15 is 0 Å². The number of carbonyl (C=O) groups is 1. The van der Waals surface area contributed by atoms with Gasteiger partial charge in [0, 0.05) is 13.0 Å². The number of hydrogen-bond acceptors (Lipinski definition) is 4. The standard InChI is InChI=1S/C22H36O4/c1-21-9-8-14(23)10-13(21)4-5-15-16-6-7-17(19(25)12-26-3)22(16,2)11-18(24)20(15)21/h13-18,20,23-24H,4-12H2,1-3H3/t13-,14+,15-,16-,17+,18-,20-,21-,22-/m0/s1. The SMILES string of the molecule is COCC(=O)[C@H]1CC[C@H]2[C@@H]3CC[C@H]4C[C@H](O)CC[C@]4(C)[C@@H]3[C@@H](O)C[C@]12C. The van der Waals surface area contributed by atoms with Crippen molar-refractivity contribution in [2.75, 3.05) is 13.7 Å². The van der Waals surface area contributed by atoms with Gasteiger partial charge in [-0.2, -0.15) is 0 Å². The zero-order valence-electron chi connectivity index (χ0n) is 16.6. The van der Waals surface area contributed by atoms with Crippen LogP contribution in [-0.4, -0.2) is 41.9 Å². The summed E-state index contributed by atoms with van der Waals surface area (Å²) in [5.41, 5.74) is 0.0745. The number of aliphatic hydroxyl groups is 2. The highest BCUT2D eigenvalue weighted by molar-refractivity contribution is 5.83. The summed E-state index contributed by atoms with van der Waals surface area (Å²) in [6.45, 7) is 4.85. The molecule has 4 fully saturated rings. The van der Waals surface area contributed by atoms with Crippen LogP contribution in [0.25, 0.3) is 0 Å². The lowest BCUT2D eigenvalue weighted by molar-refractivity contribution is -0.179. The average molecular weight is 365 g/mol. The highest BCUT2D eigenvalue weighted by Crippen LogP contribution is 2.67. The van der Waals surface area contributed by atoms with Crippen molar-refractivity contribution in [3.63, 3.8) is 0 Å². The molecule has 0 amide bonds. The maximum Gasteiger partial charge on any atom is 0.162 e. The zero-order valence-corrected chi connectivity index (χ0v) is 16.6. The van der Waals surface area contributed by atoms with E-state index in [-0.39, 0.29) is 41.3 Å². The number of ketones is 1. The molecule has 0 unspecified atom stereocenters. The molecule has 0 aromatic heterocycles.